The predicted octanol–water partition coefficient (Wildman–Crippen LogP) is 3.26. The average Bonchev–Trinajstić information content (AvgIpc) is 3.10. The van der Waals surface area contributed by atoms with Crippen LogP contribution in [0.1, 0.15) is 6.42 Å². The van der Waals surface area contributed by atoms with Crippen molar-refractivity contribution in [2.75, 3.05) is 22.9 Å². The van der Waals surface area contributed by atoms with E-state index in [1.165, 1.54) is 6.33 Å². The number of nitrogens with one attached hydrogen (secondary N) is 2. The molecule has 0 atom stereocenters. The molecular weight excluding hydrogens is 370 g/mol. The standard InChI is InChI=1S/C16H18BrN7/c17-12-4-1-2-5-13(12)23-16-14(18)15(21-10-22-16)20-6-3-8-24-9-7-19-11-24/h1-2,4-5,7,9-11H,3,6,8,18H2,(H2,20,21,22,23). The number of anilines is 4. The highest BCUT2D eigenvalue weighted by molar-refractivity contribution is 9.10. The monoisotopic (exact) mass is 387 g/mol. The van der Waals surface area contributed by atoms with Crippen molar-refractivity contribution in [1.29, 1.82) is 0 Å². The topological polar surface area (TPSA) is 93.7 Å². The molecule has 3 aromatic rings. The van der Waals surface area contributed by atoms with Crippen molar-refractivity contribution in [3.05, 3.63) is 53.8 Å². The van der Waals surface area contributed by atoms with E-state index in [0.29, 0.717) is 17.3 Å². The van der Waals surface area contributed by atoms with Crippen LogP contribution in [0.2, 0.25) is 0 Å². The van der Waals surface area contributed by atoms with E-state index < -0.39 is 0 Å². The number of imidazole rings is 1. The van der Waals surface area contributed by atoms with Gasteiger partial charge in [0.15, 0.2) is 11.6 Å². The lowest BCUT2D eigenvalue weighted by molar-refractivity contribution is 0.660. The third-order valence-corrected chi connectivity index (χ3v) is 4.15. The van der Waals surface area contributed by atoms with Gasteiger partial charge in [0.25, 0.3) is 0 Å². The number of nitrogen functional groups attached to an aromatic ring is 1. The Morgan fingerprint density at radius 3 is 2.79 bits per heavy atom. The number of rotatable bonds is 7. The van der Waals surface area contributed by atoms with Crippen LogP contribution in [0.4, 0.5) is 23.0 Å². The van der Waals surface area contributed by atoms with Gasteiger partial charge in [-0.25, -0.2) is 15.0 Å². The van der Waals surface area contributed by atoms with Gasteiger partial charge in [-0.1, -0.05) is 12.1 Å². The van der Waals surface area contributed by atoms with Gasteiger partial charge in [-0.15, -0.1) is 0 Å². The first-order valence-corrected chi connectivity index (χ1v) is 8.35. The fourth-order valence-electron chi connectivity index (χ4n) is 2.21. The van der Waals surface area contributed by atoms with Gasteiger partial charge in [0.2, 0.25) is 0 Å². The summed E-state index contributed by atoms with van der Waals surface area (Å²) in [6.07, 6.45) is 7.95. The minimum absolute atomic E-state index is 0.496. The Labute approximate surface area is 148 Å². The van der Waals surface area contributed by atoms with Crippen molar-refractivity contribution in [1.82, 2.24) is 19.5 Å². The molecular formula is C16H18BrN7. The molecule has 2 heterocycles. The molecule has 8 heteroatoms. The number of nitrogens with two attached hydrogens (primary N) is 1. The fourth-order valence-corrected chi connectivity index (χ4v) is 2.60. The van der Waals surface area contributed by atoms with Crippen LogP contribution in [-0.2, 0) is 6.54 Å². The first-order chi connectivity index (χ1) is 11.7. The third-order valence-electron chi connectivity index (χ3n) is 3.46. The van der Waals surface area contributed by atoms with E-state index in [1.54, 1.807) is 12.5 Å². The van der Waals surface area contributed by atoms with Crippen molar-refractivity contribution >= 4 is 38.9 Å². The zero-order chi connectivity index (χ0) is 16.8. The first-order valence-electron chi connectivity index (χ1n) is 7.55. The van der Waals surface area contributed by atoms with Gasteiger partial charge in [-0.2, -0.15) is 0 Å². The zero-order valence-electron chi connectivity index (χ0n) is 13.0. The number of hydrogen-bond acceptors (Lipinski definition) is 6. The van der Waals surface area contributed by atoms with Crippen LogP contribution < -0.4 is 16.4 Å². The average molecular weight is 388 g/mol. The normalized spacial score (nSPS) is 10.5. The number of para-hydroxylation sites is 1. The lowest BCUT2D eigenvalue weighted by Crippen LogP contribution is -2.10. The van der Waals surface area contributed by atoms with Crippen LogP contribution in [0.25, 0.3) is 0 Å². The Morgan fingerprint density at radius 1 is 1.17 bits per heavy atom. The summed E-state index contributed by atoms with van der Waals surface area (Å²) in [5.41, 5.74) is 7.57. The van der Waals surface area contributed by atoms with Crippen molar-refractivity contribution in [3.63, 3.8) is 0 Å². The molecule has 24 heavy (non-hydrogen) atoms. The van der Waals surface area contributed by atoms with E-state index in [4.69, 9.17) is 5.73 Å². The quantitative estimate of drug-likeness (QED) is 0.538. The van der Waals surface area contributed by atoms with Crippen LogP contribution in [0.15, 0.2) is 53.8 Å². The minimum Gasteiger partial charge on any atom is -0.393 e. The Morgan fingerprint density at radius 2 is 2.00 bits per heavy atom. The summed E-state index contributed by atoms with van der Waals surface area (Å²) in [5, 5.41) is 6.47. The van der Waals surface area contributed by atoms with Crippen molar-refractivity contribution in [3.8, 4) is 0 Å². The second-order valence-corrected chi connectivity index (χ2v) is 6.02. The lowest BCUT2D eigenvalue weighted by Gasteiger charge is -2.13. The van der Waals surface area contributed by atoms with Gasteiger partial charge < -0.3 is 20.9 Å². The van der Waals surface area contributed by atoms with E-state index in [9.17, 15) is 0 Å². The molecule has 7 nitrogen and oxygen atoms in total. The van der Waals surface area contributed by atoms with Crippen LogP contribution in [-0.4, -0.2) is 26.1 Å². The molecule has 0 spiro atoms. The Kier molecular flexibility index (Phi) is 5.27. The maximum atomic E-state index is 6.18. The van der Waals surface area contributed by atoms with Gasteiger partial charge in [0.1, 0.15) is 12.0 Å². The molecule has 3 rings (SSSR count). The molecule has 4 N–H and O–H groups in total. The van der Waals surface area contributed by atoms with Crippen LogP contribution in [0.5, 0.6) is 0 Å². The highest BCUT2D eigenvalue weighted by atomic mass is 79.9. The van der Waals surface area contributed by atoms with Crippen LogP contribution in [0.3, 0.4) is 0 Å². The second kappa shape index (κ2) is 7.78. The smallest absolute Gasteiger partial charge is 0.159 e. The molecule has 0 aliphatic carbocycles. The molecule has 0 saturated heterocycles. The first kappa shape index (κ1) is 16.3. The summed E-state index contributed by atoms with van der Waals surface area (Å²) in [6.45, 7) is 1.65. The Hall–Kier alpha value is -2.61. The summed E-state index contributed by atoms with van der Waals surface area (Å²) >= 11 is 3.50. The Bertz CT molecular complexity index is 789. The third kappa shape index (κ3) is 4.02. The zero-order valence-corrected chi connectivity index (χ0v) is 14.6. The molecule has 0 fully saturated rings. The largest absolute Gasteiger partial charge is 0.393 e. The number of aromatic nitrogens is 4. The highest BCUT2D eigenvalue weighted by Crippen LogP contribution is 2.29. The molecule has 0 radical (unpaired) electrons. The van der Waals surface area contributed by atoms with Gasteiger partial charge in [-0.05, 0) is 34.5 Å². The highest BCUT2D eigenvalue weighted by Gasteiger charge is 2.09. The van der Waals surface area contributed by atoms with Crippen molar-refractivity contribution < 1.29 is 0 Å². The molecule has 1 aromatic carbocycles. The fraction of sp³-hybridized carbons (Fsp3) is 0.188. The summed E-state index contributed by atoms with van der Waals surface area (Å²) in [5.74, 6) is 1.21. The molecule has 2 aromatic heterocycles. The summed E-state index contributed by atoms with van der Waals surface area (Å²) < 4.78 is 2.98. The SMILES string of the molecule is Nc1c(NCCCn2ccnc2)ncnc1Nc1ccccc1Br. The number of halogens is 1. The van der Waals surface area contributed by atoms with E-state index in [2.05, 4.69) is 41.5 Å². The lowest BCUT2D eigenvalue weighted by atomic mass is 10.3. The maximum Gasteiger partial charge on any atom is 0.159 e. The minimum atomic E-state index is 0.496. The van der Waals surface area contributed by atoms with Crippen molar-refractivity contribution in [2.24, 2.45) is 0 Å². The van der Waals surface area contributed by atoms with Gasteiger partial charge in [-0.3, -0.25) is 0 Å². The molecule has 0 bridgehead atoms. The maximum absolute atomic E-state index is 6.18. The molecule has 0 saturated carbocycles. The van der Waals surface area contributed by atoms with E-state index in [0.717, 1.165) is 29.7 Å². The van der Waals surface area contributed by atoms with Crippen molar-refractivity contribution in [2.45, 2.75) is 13.0 Å². The predicted molar refractivity (Wildman–Crippen MR) is 99.2 cm³/mol. The molecule has 0 unspecified atom stereocenters. The number of aryl methyl sites for hydroxylation is 1. The number of nitrogens with zero attached hydrogens (tertiary/aromatic N) is 4. The molecule has 124 valence electrons. The number of hydrogen-bond donors (Lipinski definition) is 3. The Balaban J connectivity index is 1.61. The van der Waals surface area contributed by atoms with E-state index >= 15 is 0 Å². The molecule has 0 amide bonds. The summed E-state index contributed by atoms with van der Waals surface area (Å²) in [7, 11) is 0. The second-order valence-electron chi connectivity index (χ2n) is 5.17. The summed E-state index contributed by atoms with van der Waals surface area (Å²) in [4.78, 5) is 12.5. The van der Waals surface area contributed by atoms with Crippen LogP contribution in [0, 0.1) is 0 Å². The number of benzene rings is 1. The van der Waals surface area contributed by atoms with Gasteiger partial charge in [0, 0.05) is 30.0 Å². The van der Waals surface area contributed by atoms with Gasteiger partial charge in [0.05, 0.1) is 12.0 Å². The molecule has 0 aliphatic heterocycles. The van der Waals surface area contributed by atoms with Crippen LogP contribution >= 0.6 is 15.9 Å². The summed E-state index contributed by atoms with van der Waals surface area (Å²) in [6, 6.07) is 7.80. The van der Waals surface area contributed by atoms with E-state index in [1.807, 2.05) is 35.0 Å². The van der Waals surface area contributed by atoms with E-state index in [-0.39, 0.29) is 0 Å². The van der Waals surface area contributed by atoms with Gasteiger partial charge >= 0.3 is 0 Å². The molecule has 0 aliphatic rings.